The van der Waals surface area contributed by atoms with Crippen LogP contribution < -0.4 is 13.9 Å². The van der Waals surface area contributed by atoms with Crippen LogP contribution in [0.1, 0.15) is 22.3 Å². The van der Waals surface area contributed by atoms with Gasteiger partial charge in [-0.1, -0.05) is 36.4 Å². The topological polar surface area (TPSA) is 167 Å². The van der Waals surface area contributed by atoms with Gasteiger partial charge in [-0.15, -0.1) is 0 Å². The lowest BCUT2D eigenvalue weighted by Gasteiger charge is -2.08. The van der Waals surface area contributed by atoms with Crippen LogP contribution in [0.3, 0.4) is 0 Å². The summed E-state index contributed by atoms with van der Waals surface area (Å²) in [5.41, 5.74) is 1.43. The highest BCUT2D eigenvalue weighted by Crippen LogP contribution is 2.40. The average Bonchev–Trinajstić information content (AvgIpc) is 3.63. The minimum absolute atomic E-state index is 0.212. The van der Waals surface area contributed by atoms with E-state index in [1.54, 1.807) is 12.1 Å². The van der Waals surface area contributed by atoms with Crippen LogP contribution in [0, 0.1) is 30.3 Å². The van der Waals surface area contributed by atoms with Crippen LogP contribution in [0.5, 0.6) is 5.75 Å². The second-order valence-corrected chi connectivity index (χ2v) is 9.56. The Morgan fingerprint density at radius 1 is 0.762 bits per heavy atom. The maximum atomic E-state index is 11.5. The fourth-order valence-electron chi connectivity index (χ4n) is 4.59. The summed E-state index contributed by atoms with van der Waals surface area (Å²) in [6.07, 6.45) is 11.7. The molecule has 0 aliphatic heterocycles. The van der Waals surface area contributed by atoms with Crippen LogP contribution in [0.25, 0.3) is 0 Å². The van der Waals surface area contributed by atoms with Crippen LogP contribution in [0.4, 0.5) is 17.1 Å². The van der Waals surface area contributed by atoms with Crippen molar-refractivity contribution in [2.24, 2.45) is 0 Å². The Labute approximate surface area is 238 Å². The molecule has 14 heteroatoms. The summed E-state index contributed by atoms with van der Waals surface area (Å²) in [6, 6.07) is 16.9. The van der Waals surface area contributed by atoms with Crippen LogP contribution in [-0.4, -0.2) is 24.3 Å². The summed E-state index contributed by atoms with van der Waals surface area (Å²) in [7, 11) is 0. The molecular weight excluding hydrogens is 546 g/mol. The first-order valence-electron chi connectivity index (χ1n) is 12.7. The molecular formula is C28H25N7O7+2. The first-order chi connectivity index (χ1) is 20.2. The van der Waals surface area contributed by atoms with Crippen molar-refractivity contribution in [3.8, 4) is 5.75 Å². The standard InChI is InChI=1S/C28H24N7O7/c36-33(37)25-13-26(34(38)39)28(27(14-25)35(40)41)42-18-24-6-2-5-23(12-24)17-32-10-9-31(20-32)16-22-4-1-3-21(11-22)15-30-8-7-29-19-30/h1-14,19-20H,15-18H2/q+1/p+1. The highest BCUT2D eigenvalue weighted by atomic mass is 16.6. The van der Waals surface area contributed by atoms with Crippen molar-refractivity contribution in [1.82, 2.24) is 9.55 Å². The molecule has 0 bridgehead atoms. The molecule has 212 valence electrons. The van der Waals surface area contributed by atoms with E-state index in [0.29, 0.717) is 30.8 Å². The van der Waals surface area contributed by atoms with E-state index in [0.717, 1.165) is 12.1 Å². The molecule has 0 saturated carbocycles. The van der Waals surface area contributed by atoms with Crippen molar-refractivity contribution >= 4 is 17.1 Å². The predicted molar refractivity (Wildman–Crippen MR) is 147 cm³/mol. The van der Waals surface area contributed by atoms with Gasteiger partial charge in [0.15, 0.2) is 0 Å². The van der Waals surface area contributed by atoms with E-state index in [1.165, 1.54) is 11.1 Å². The maximum Gasteiger partial charge on any atom is 0.325 e. The Hall–Kier alpha value is -5.92. The highest BCUT2D eigenvalue weighted by Gasteiger charge is 2.32. The minimum atomic E-state index is -0.940. The smallest absolute Gasteiger partial charge is 0.325 e. The molecule has 3 aromatic carbocycles. The molecule has 0 aliphatic rings. The minimum Gasteiger partial charge on any atom is -0.477 e. The Kier molecular flexibility index (Phi) is 7.95. The molecule has 1 N–H and O–H groups in total. The van der Waals surface area contributed by atoms with Crippen LogP contribution >= 0.6 is 0 Å². The van der Waals surface area contributed by atoms with Gasteiger partial charge in [0.2, 0.25) is 12.7 Å². The van der Waals surface area contributed by atoms with Crippen molar-refractivity contribution in [3.63, 3.8) is 0 Å². The number of non-ortho nitro benzene ring substituents is 1. The van der Waals surface area contributed by atoms with Gasteiger partial charge in [-0.25, -0.2) is 13.7 Å². The van der Waals surface area contributed by atoms with Crippen LogP contribution in [-0.2, 0) is 26.2 Å². The molecule has 0 unspecified atom stereocenters. The van der Waals surface area contributed by atoms with Crippen LogP contribution in [0.15, 0.2) is 98.1 Å². The Morgan fingerprint density at radius 2 is 1.38 bits per heavy atom. The van der Waals surface area contributed by atoms with E-state index < -0.39 is 37.6 Å². The molecule has 0 aliphatic carbocycles. The predicted octanol–water partition coefficient (Wildman–Crippen LogP) is 3.84. The summed E-state index contributed by atoms with van der Waals surface area (Å²) in [4.78, 5) is 34.4. The van der Waals surface area contributed by atoms with Crippen molar-refractivity contribution < 1.29 is 28.6 Å². The second-order valence-electron chi connectivity index (χ2n) is 9.56. The molecule has 0 saturated heterocycles. The lowest BCUT2D eigenvalue weighted by Crippen LogP contribution is -2.31. The molecule has 0 amide bonds. The molecule has 0 atom stereocenters. The van der Waals surface area contributed by atoms with Gasteiger partial charge in [-0.05, 0) is 34.4 Å². The van der Waals surface area contributed by atoms with Gasteiger partial charge in [0.1, 0.15) is 51.0 Å². The quantitative estimate of drug-likeness (QED) is 0.135. The fourth-order valence-corrected chi connectivity index (χ4v) is 4.59. The summed E-state index contributed by atoms with van der Waals surface area (Å²) in [5.74, 6) is -0.636. The van der Waals surface area contributed by atoms with E-state index in [1.807, 2.05) is 60.2 Å². The van der Waals surface area contributed by atoms with Crippen LogP contribution in [0.2, 0.25) is 0 Å². The number of aromatic amines is 1. The summed E-state index contributed by atoms with van der Waals surface area (Å²) >= 11 is 0. The summed E-state index contributed by atoms with van der Waals surface area (Å²) in [5, 5.41) is 34.1. The first-order valence-corrected chi connectivity index (χ1v) is 12.7. The van der Waals surface area contributed by atoms with Gasteiger partial charge in [0, 0.05) is 0 Å². The van der Waals surface area contributed by atoms with Crippen molar-refractivity contribution in [2.45, 2.75) is 26.2 Å². The number of imidazole rings is 2. The third-order valence-corrected chi connectivity index (χ3v) is 6.45. The molecule has 0 fully saturated rings. The SMILES string of the molecule is O=[N+]([O-])c1cc([N+](=O)[O-])c(OCc2cccc(C[n+]3ccn(Cc4cccc(C[n+]5cc[nH]c5)c4)c3)c2)c([N+](=O)[O-])c1. The molecule has 2 aromatic heterocycles. The van der Waals surface area contributed by atoms with Crippen molar-refractivity contribution in [3.05, 3.63) is 151 Å². The fraction of sp³-hybridized carbons (Fsp3) is 0.143. The lowest BCUT2D eigenvalue weighted by atomic mass is 10.1. The van der Waals surface area contributed by atoms with Gasteiger partial charge < -0.3 is 4.74 Å². The third-order valence-electron chi connectivity index (χ3n) is 6.45. The summed E-state index contributed by atoms with van der Waals surface area (Å²) in [6.45, 7) is 1.78. The van der Waals surface area contributed by atoms with E-state index in [9.17, 15) is 30.3 Å². The molecule has 2 heterocycles. The van der Waals surface area contributed by atoms with Gasteiger partial charge >= 0.3 is 11.4 Å². The average molecular weight is 572 g/mol. The summed E-state index contributed by atoms with van der Waals surface area (Å²) < 4.78 is 11.7. The van der Waals surface area contributed by atoms with Gasteiger partial charge in [0.05, 0.1) is 26.9 Å². The number of nitro benzene ring substituents is 3. The largest absolute Gasteiger partial charge is 0.477 e. The van der Waals surface area contributed by atoms with E-state index >= 15 is 0 Å². The first kappa shape index (κ1) is 27.6. The number of nitrogens with one attached hydrogen (secondary N) is 1. The molecule has 0 spiro atoms. The molecule has 42 heavy (non-hydrogen) atoms. The Balaban J connectivity index is 1.26. The number of benzene rings is 3. The molecule has 5 aromatic rings. The monoisotopic (exact) mass is 571 g/mol. The number of H-pyrrole nitrogens is 1. The third kappa shape index (κ3) is 6.62. The zero-order valence-corrected chi connectivity index (χ0v) is 22.1. The zero-order valence-electron chi connectivity index (χ0n) is 22.1. The highest BCUT2D eigenvalue weighted by molar-refractivity contribution is 5.65. The number of ether oxygens (including phenoxy) is 1. The van der Waals surface area contributed by atoms with Crippen molar-refractivity contribution in [2.75, 3.05) is 0 Å². The van der Waals surface area contributed by atoms with E-state index in [2.05, 4.69) is 32.3 Å². The van der Waals surface area contributed by atoms with E-state index in [4.69, 9.17) is 4.74 Å². The Bertz CT molecular complexity index is 1730. The van der Waals surface area contributed by atoms with Gasteiger partial charge in [-0.2, -0.15) is 0 Å². The van der Waals surface area contributed by atoms with Gasteiger partial charge in [-0.3, -0.25) is 35.3 Å². The number of nitrogens with zero attached hydrogens (tertiary/aromatic N) is 6. The van der Waals surface area contributed by atoms with Crippen molar-refractivity contribution in [1.29, 1.82) is 0 Å². The lowest BCUT2D eigenvalue weighted by molar-refractivity contribution is -0.687. The number of aromatic nitrogens is 4. The zero-order chi connectivity index (χ0) is 29.6. The molecule has 5 rings (SSSR count). The van der Waals surface area contributed by atoms with Gasteiger partial charge in [0.25, 0.3) is 11.4 Å². The normalized spacial score (nSPS) is 10.9. The second kappa shape index (κ2) is 12.1. The number of nitro groups is 3. The number of hydrogen-bond acceptors (Lipinski definition) is 7. The number of rotatable bonds is 12. The number of hydrogen-bond donors (Lipinski definition) is 1. The molecule has 0 radical (unpaired) electrons. The Morgan fingerprint density at radius 3 is 2.00 bits per heavy atom. The molecule has 14 nitrogen and oxygen atoms in total. The maximum absolute atomic E-state index is 11.5. The van der Waals surface area contributed by atoms with E-state index in [-0.39, 0.29) is 6.61 Å².